The van der Waals surface area contributed by atoms with Gasteiger partial charge in [-0.05, 0) is 37.0 Å². The second kappa shape index (κ2) is 11.0. The molecule has 7 nitrogen and oxygen atoms in total. The second-order valence-electron chi connectivity index (χ2n) is 6.85. The highest BCUT2D eigenvalue weighted by Gasteiger charge is 2.15. The topological polar surface area (TPSA) is 76.4 Å². The van der Waals surface area contributed by atoms with Gasteiger partial charge >= 0.3 is 0 Å². The van der Waals surface area contributed by atoms with Crippen molar-refractivity contribution in [2.24, 2.45) is 4.99 Å². The first-order valence-corrected chi connectivity index (χ1v) is 10.4. The highest BCUT2D eigenvalue weighted by molar-refractivity contribution is 6.30. The molecule has 3 rings (SSSR count). The van der Waals surface area contributed by atoms with E-state index in [1.165, 1.54) is 5.56 Å². The van der Waals surface area contributed by atoms with Crippen LogP contribution in [0.5, 0.6) is 0 Å². The Labute approximate surface area is 171 Å². The summed E-state index contributed by atoms with van der Waals surface area (Å²) in [6, 6.07) is 7.95. The summed E-state index contributed by atoms with van der Waals surface area (Å²) in [6.07, 6.45) is 6.00. The molecule has 0 aliphatic carbocycles. The minimum Gasteiger partial charge on any atom is -0.376 e. The molecule has 1 atom stereocenters. The van der Waals surface area contributed by atoms with Gasteiger partial charge in [-0.1, -0.05) is 30.7 Å². The van der Waals surface area contributed by atoms with E-state index in [-0.39, 0.29) is 6.10 Å². The zero-order chi connectivity index (χ0) is 19.6. The lowest BCUT2D eigenvalue weighted by molar-refractivity contribution is 0.117. The van der Waals surface area contributed by atoms with Gasteiger partial charge < -0.3 is 19.9 Å². The molecule has 0 radical (unpaired) electrons. The summed E-state index contributed by atoms with van der Waals surface area (Å²) >= 11 is 5.95. The Bertz CT molecular complexity index is 739. The zero-order valence-electron chi connectivity index (χ0n) is 16.4. The highest BCUT2D eigenvalue weighted by atomic mass is 35.5. The lowest BCUT2D eigenvalue weighted by Crippen LogP contribution is -2.40. The van der Waals surface area contributed by atoms with E-state index < -0.39 is 0 Å². The Hall–Kier alpha value is -2.12. The van der Waals surface area contributed by atoms with Crippen LogP contribution in [0.1, 0.15) is 31.2 Å². The molecule has 0 spiro atoms. The van der Waals surface area contributed by atoms with E-state index >= 15 is 0 Å². The van der Waals surface area contributed by atoms with Gasteiger partial charge in [0.15, 0.2) is 5.96 Å². The lowest BCUT2D eigenvalue weighted by Gasteiger charge is -2.15. The standard InChI is InChI=1S/C20H29ClN6O/c1-2-19-26-25-15-27(19)12-11-23-20(24-14-18-4-3-13-28-18)22-10-9-16-5-7-17(21)8-6-16/h5-8,15,18H,2-4,9-14H2,1H3,(H2,22,23,24). The number of aromatic nitrogens is 3. The fourth-order valence-corrected chi connectivity index (χ4v) is 3.29. The number of hydrogen-bond acceptors (Lipinski definition) is 4. The van der Waals surface area contributed by atoms with E-state index in [9.17, 15) is 0 Å². The van der Waals surface area contributed by atoms with Gasteiger partial charge in [0, 0.05) is 37.7 Å². The summed E-state index contributed by atoms with van der Waals surface area (Å²) in [7, 11) is 0. The number of guanidine groups is 1. The molecule has 2 heterocycles. The van der Waals surface area contributed by atoms with Gasteiger partial charge in [-0.2, -0.15) is 0 Å². The van der Waals surface area contributed by atoms with Crippen molar-refractivity contribution < 1.29 is 4.74 Å². The first-order valence-electron chi connectivity index (χ1n) is 9.99. The highest BCUT2D eigenvalue weighted by Crippen LogP contribution is 2.12. The van der Waals surface area contributed by atoms with Crippen LogP contribution in [0.3, 0.4) is 0 Å². The maximum atomic E-state index is 5.95. The van der Waals surface area contributed by atoms with Crippen LogP contribution in [0.25, 0.3) is 0 Å². The first kappa shape index (κ1) is 20.6. The van der Waals surface area contributed by atoms with E-state index in [0.29, 0.717) is 6.54 Å². The Morgan fingerprint density at radius 1 is 1.29 bits per heavy atom. The Morgan fingerprint density at radius 3 is 2.86 bits per heavy atom. The molecule has 0 amide bonds. The van der Waals surface area contributed by atoms with Crippen LogP contribution in [0.2, 0.25) is 5.02 Å². The summed E-state index contributed by atoms with van der Waals surface area (Å²) in [5, 5.41) is 15.7. The van der Waals surface area contributed by atoms with Gasteiger partial charge in [0.2, 0.25) is 0 Å². The second-order valence-corrected chi connectivity index (χ2v) is 7.28. The Morgan fingerprint density at radius 2 is 2.11 bits per heavy atom. The van der Waals surface area contributed by atoms with Crippen molar-refractivity contribution in [1.29, 1.82) is 0 Å². The summed E-state index contributed by atoms with van der Waals surface area (Å²) in [4.78, 5) is 4.72. The van der Waals surface area contributed by atoms with E-state index in [0.717, 1.165) is 68.7 Å². The fraction of sp³-hybridized carbons (Fsp3) is 0.550. The monoisotopic (exact) mass is 404 g/mol. The molecule has 152 valence electrons. The number of halogens is 1. The molecule has 1 aromatic carbocycles. The number of rotatable bonds is 9. The van der Waals surface area contributed by atoms with Gasteiger partial charge in [-0.25, -0.2) is 0 Å². The third kappa shape index (κ3) is 6.49. The predicted molar refractivity (Wildman–Crippen MR) is 112 cm³/mol. The molecule has 1 aromatic heterocycles. The molecular weight excluding hydrogens is 376 g/mol. The predicted octanol–water partition coefficient (Wildman–Crippen LogP) is 2.45. The number of aryl methyl sites for hydroxylation is 1. The third-order valence-corrected chi connectivity index (χ3v) is 5.01. The average molecular weight is 405 g/mol. The van der Waals surface area contributed by atoms with Crippen LogP contribution < -0.4 is 10.6 Å². The van der Waals surface area contributed by atoms with Crippen LogP contribution in [-0.2, 0) is 24.1 Å². The van der Waals surface area contributed by atoms with Crippen molar-refractivity contribution >= 4 is 17.6 Å². The molecule has 1 aliphatic heterocycles. The summed E-state index contributed by atoms with van der Waals surface area (Å²) < 4.78 is 7.75. The van der Waals surface area contributed by atoms with Crippen molar-refractivity contribution in [3.8, 4) is 0 Å². The van der Waals surface area contributed by atoms with Gasteiger partial charge in [-0.15, -0.1) is 10.2 Å². The number of hydrogen-bond donors (Lipinski definition) is 2. The van der Waals surface area contributed by atoms with E-state index in [2.05, 4.69) is 44.5 Å². The molecule has 1 aliphatic rings. The number of ether oxygens (including phenoxy) is 1. The van der Waals surface area contributed by atoms with Crippen molar-refractivity contribution in [2.45, 2.75) is 45.3 Å². The van der Waals surface area contributed by atoms with Crippen molar-refractivity contribution in [1.82, 2.24) is 25.4 Å². The van der Waals surface area contributed by atoms with Gasteiger partial charge in [0.25, 0.3) is 0 Å². The maximum Gasteiger partial charge on any atom is 0.191 e. The molecular formula is C20H29ClN6O. The van der Waals surface area contributed by atoms with Crippen molar-refractivity contribution in [3.05, 3.63) is 47.0 Å². The number of aliphatic imine (C=N–C) groups is 1. The first-order chi connectivity index (χ1) is 13.7. The van der Waals surface area contributed by atoms with Crippen LogP contribution in [0.4, 0.5) is 0 Å². The molecule has 0 saturated carbocycles. The van der Waals surface area contributed by atoms with Crippen molar-refractivity contribution in [2.75, 3.05) is 26.2 Å². The molecule has 0 bridgehead atoms. The van der Waals surface area contributed by atoms with E-state index in [1.54, 1.807) is 6.33 Å². The smallest absolute Gasteiger partial charge is 0.191 e. The largest absolute Gasteiger partial charge is 0.376 e. The van der Waals surface area contributed by atoms with Gasteiger partial charge in [-0.3, -0.25) is 4.99 Å². The average Bonchev–Trinajstić information content (AvgIpc) is 3.38. The lowest BCUT2D eigenvalue weighted by atomic mass is 10.1. The fourth-order valence-electron chi connectivity index (χ4n) is 3.17. The van der Waals surface area contributed by atoms with Gasteiger partial charge in [0.1, 0.15) is 12.2 Å². The minimum atomic E-state index is 0.236. The summed E-state index contributed by atoms with van der Waals surface area (Å²) in [6.45, 7) is 5.97. The Balaban J connectivity index is 1.50. The molecule has 2 aromatic rings. The van der Waals surface area contributed by atoms with Crippen LogP contribution >= 0.6 is 11.6 Å². The molecule has 1 saturated heterocycles. The molecule has 1 unspecified atom stereocenters. The molecule has 28 heavy (non-hydrogen) atoms. The minimum absolute atomic E-state index is 0.236. The number of benzene rings is 1. The summed E-state index contributed by atoms with van der Waals surface area (Å²) in [5.74, 6) is 1.81. The number of nitrogens with zero attached hydrogens (tertiary/aromatic N) is 4. The normalized spacial score (nSPS) is 17.1. The van der Waals surface area contributed by atoms with E-state index in [1.807, 2.05) is 12.1 Å². The molecule has 8 heteroatoms. The van der Waals surface area contributed by atoms with Crippen LogP contribution in [-0.4, -0.2) is 53.1 Å². The SMILES string of the molecule is CCc1nncn1CCNC(=NCC1CCCO1)NCCc1ccc(Cl)cc1. The summed E-state index contributed by atoms with van der Waals surface area (Å²) in [5.41, 5.74) is 1.24. The third-order valence-electron chi connectivity index (χ3n) is 4.75. The van der Waals surface area contributed by atoms with Crippen LogP contribution in [0, 0.1) is 0 Å². The molecule has 2 N–H and O–H groups in total. The zero-order valence-corrected chi connectivity index (χ0v) is 17.2. The Kier molecular flexibility index (Phi) is 8.11. The number of nitrogens with one attached hydrogen (secondary N) is 2. The quantitative estimate of drug-likeness (QED) is 0.496. The van der Waals surface area contributed by atoms with Gasteiger partial charge in [0.05, 0.1) is 12.6 Å². The van der Waals surface area contributed by atoms with E-state index in [4.69, 9.17) is 21.3 Å². The molecule has 1 fully saturated rings. The van der Waals surface area contributed by atoms with Crippen molar-refractivity contribution in [3.63, 3.8) is 0 Å². The van der Waals surface area contributed by atoms with Crippen LogP contribution in [0.15, 0.2) is 35.6 Å². The maximum absolute atomic E-state index is 5.95.